The number of hydrogen-bond donors (Lipinski definition) is 0. The zero-order valence-corrected chi connectivity index (χ0v) is 8.30. The molecule has 0 heterocycles. The molecule has 0 radical (unpaired) electrons. The first kappa shape index (κ1) is 8.95. The number of rotatable bonds is 2. The van der Waals surface area contributed by atoms with E-state index in [2.05, 4.69) is 26.0 Å². The maximum absolute atomic E-state index is 5.62. The van der Waals surface area contributed by atoms with Crippen LogP contribution >= 0.6 is 21.7 Å². The first-order valence-corrected chi connectivity index (χ1v) is 5.30. The van der Waals surface area contributed by atoms with Gasteiger partial charge in [0.1, 0.15) is 0 Å². The second kappa shape index (κ2) is 4.03. The minimum absolute atomic E-state index is 1.08. The van der Waals surface area contributed by atoms with Crippen LogP contribution < -0.4 is 0 Å². The molecule has 0 saturated carbocycles. The van der Waals surface area contributed by atoms with Crippen molar-refractivity contribution < 1.29 is 0 Å². The highest BCUT2D eigenvalue weighted by Crippen LogP contribution is 2.24. The Morgan fingerprint density at radius 2 is 2.18 bits per heavy atom. The maximum atomic E-state index is 5.62. The van der Waals surface area contributed by atoms with Gasteiger partial charge >= 0.3 is 0 Å². The van der Waals surface area contributed by atoms with Gasteiger partial charge in [-0.2, -0.15) is 0 Å². The highest BCUT2D eigenvalue weighted by atomic mass is 35.7. The lowest BCUT2D eigenvalue weighted by Crippen LogP contribution is -1.85. The summed E-state index contributed by atoms with van der Waals surface area (Å²) in [6, 6.07) is 6.31. The van der Waals surface area contributed by atoms with E-state index in [9.17, 15) is 0 Å². The highest BCUT2D eigenvalue weighted by Gasteiger charge is 1.97. The third-order valence-electron chi connectivity index (χ3n) is 1.79. The smallest absolute Gasteiger partial charge is 0.0236 e. The molecule has 0 spiro atoms. The van der Waals surface area contributed by atoms with Gasteiger partial charge in [-0.05, 0) is 58.3 Å². The molecule has 2 heteroatoms. The number of benzene rings is 1. The average Bonchev–Trinajstić information content (AvgIpc) is 2.05. The summed E-state index contributed by atoms with van der Waals surface area (Å²) >= 11 is 0. The van der Waals surface area contributed by atoms with E-state index in [1.165, 1.54) is 22.1 Å². The van der Waals surface area contributed by atoms with Crippen LogP contribution in [0.1, 0.15) is 18.1 Å². The Labute approximate surface area is 76.5 Å². The fourth-order valence-electron chi connectivity index (χ4n) is 1.08. The fourth-order valence-corrected chi connectivity index (χ4v) is 1.67. The van der Waals surface area contributed by atoms with Crippen LogP contribution in [0, 0.1) is 6.92 Å². The van der Waals surface area contributed by atoms with Gasteiger partial charge in [0, 0.05) is 4.90 Å². The summed E-state index contributed by atoms with van der Waals surface area (Å²) in [6.45, 7) is 4.28. The van der Waals surface area contributed by atoms with Gasteiger partial charge in [0.15, 0.2) is 0 Å². The minimum atomic E-state index is 1.08. The zero-order valence-electron chi connectivity index (χ0n) is 6.73. The molecule has 60 valence electrons. The second-order valence-corrected chi connectivity index (χ2v) is 3.61. The molecule has 0 fully saturated rings. The Kier molecular flexibility index (Phi) is 3.28. The summed E-state index contributed by atoms with van der Waals surface area (Å²) in [5, 5.41) is 0. The summed E-state index contributed by atoms with van der Waals surface area (Å²) in [6.07, 6.45) is 1.08. The van der Waals surface area contributed by atoms with E-state index in [1.807, 2.05) is 6.07 Å². The van der Waals surface area contributed by atoms with Crippen LogP contribution in [0.25, 0.3) is 0 Å². The molecule has 1 aromatic carbocycles. The second-order valence-electron chi connectivity index (χ2n) is 2.52. The van der Waals surface area contributed by atoms with Gasteiger partial charge < -0.3 is 0 Å². The van der Waals surface area contributed by atoms with Crippen LogP contribution in [0.15, 0.2) is 23.1 Å². The van der Waals surface area contributed by atoms with E-state index >= 15 is 0 Å². The van der Waals surface area contributed by atoms with Gasteiger partial charge in [-0.3, -0.25) is 0 Å². The summed E-state index contributed by atoms with van der Waals surface area (Å²) < 4.78 is 0. The van der Waals surface area contributed by atoms with Crippen molar-refractivity contribution in [2.75, 3.05) is 0 Å². The lowest BCUT2D eigenvalue weighted by atomic mass is 10.1. The topological polar surface area (TPSA) is 0 Å². The molecule has 1 aromatic rings. The Morgan fingerprint density at radius 1 is 1.45 bits per heavy atom. The van der Waals surface area contributed by atoms with E-state index in [4.69, 9.17) is 10.7 Å². The molecule has 0 saturated heterocycles. The lowest BCUT2D eigenvalue weighted by Gasteiger charge is -2.03. The van der Waals surface area contributed by atoms with Crippen LogP contribution in [-0.2, 0) is 6.42 Å². The molecule has 0 aliphatic carbocycles. The van der Waals surface area contributed by atoms with Crippen LogP contribution in [0.5, 0.6) is 0 Å². The van der Waals surface area contributed by atoms with Crippen molar-refractivity contribution in [2.24, 2.45) is 0 Å². The summed E-state index contributed by atoms with van der Waals surface area (Å²) in [5.41, 5.74) is 2.73. The first-order chi connectivity index (χ1) is 5.27. The fraction of sp³-hybridized carbons (Fsp3) is 0.333. The molecule has 0 unspecified atom stereocenters. The Morgan fingerprint density at radius 3 is 2.73 bits per heavy atom. The van der Waals surface area contributed by atoms with Gasteiger partial charge in [0.25, 0.3) is 0 Å². The van der Waals surface area contributed by atoms with Gasteiger partial charge in [0.2, 0.25) is 0 Å². The predicted octanol–water partition coefficient (Wildman–Crippen LogP) is 3.80. The summed E-state index contributed by atoms with van der Waals surface area (Å²) in [4.78, 5) is 1.13. The van der Waals surface area contributed by atoms with E-state index in [0.29, 0.717) is 0 Å². The molecule has 0 aliphatic heterocycles. The number of hydrogen-bond acceptors (Lipinski definition) is 1. The molecule has 0 atom stereocenters. The molecule has 0 aromatic heterocycles. The van der Waals surface area contributed by atoms with Gasteiger partial charge in [-0.15, -0.1) is 0 Å². The first-order valence-electron chi connectivity index (χ1n) is 3.66. The van der Waals surface area contributed by atoms with Crippen LogP contribution in [0.4, 0.5) is 0 Å². The van der Waals surface area contributed by atoms with Crippen molar-refractivity contribution in [3.63, 3.8) is 0 Å². The zero-order chi connectivity index (χ0) is 8.27. The Hall–Kier alpha value is -0.140. The van der Waals surface area contributed by atoms with E-state index in [-0.39, 0.29) is 0 Å². The molecule has 0 bridgehead atoms. The number of halogens is 1. The van der Waals surface area contributed by atoms with E-state index < -0.39 is 0 Å². The van der Waals surface area contributed by atoms with E-state index in [0.717, 1.165) is 11.3 Å². The van der Waals surface area contributed by atoms with E-state index in [1.54, 1.807) is 0 Å². The van der Waals surface area contributed by atoms with Crippen molar-refractivity contribution >= 4 is 21.7 Å². The third kappa shape index (κ3) is 2.14. The SMILES string of the molecule is CCc1cc(SCl)ccc1C. The molecule has 1 rings (SSSR count). The summed E-state index contributed by atoms with van der Waals surface area (Å²) in [7, 11) is 6.90. The van der Waals surface area contributed by atoms with Crippen LogP contribution in [0.3, 0.4) is 0 Å². The van der Waals surface area contributed by atoms with Crippen molar-refractivity contribution in [3.05, 3.63) is 29.3 Å². The molecule has 0 N–H and O–H groups in total. The molecule has 0 amide bonds. The third-order valence-corrected chi connectivity index (χ3v) is 2.76. The standard InChI is InChI=1S/C9H11ClS/c1-3-8-6-9(11-10)5-4-7(8)2/h4-6H,3H2,1-2H3. The van der Waals surface area contributed by atoms with Crippen LogP contribution in [-0.4, -0.2) is 0 Å². The molecule has 0 nitrogen and oxygen atoms in total. The maximum Gasteiger partial charge on any atom is 0.0236 e. The van der Waals surface area contributed by atoms with Crippen molar-refractivity contribution in [1.29, 1.82) is 0 Å². The average molecular weight is 187 g/mol. The molecule has 0 aliphatic rings. The normalized spacial score (nSPS) is 10.1. The van der Waals surface area contributed by atoms with Gasteiger partial charge in [0.05, 0.1) is 0 Å². The largest absolute Gasteiger partial charge is 0.0613 e. The number of aryl methyl sites for hydroxylation is 2. The predicted molar refractivity (Wildman–Crippen MR) is 52.3 cm³/mol. The Bertz CT molecular complexity index is 245. The quantitative estimate of drug-likeness (QED) is 0.677. The minimum Gasteiger partial charge on any atom is -0.0613 e. The van der Waals surface area contributed by atoms with Gasteiger partial charge in [-0.25, -0.2) is 0 Å². The van der Waals surface area contributed by atoms with Crippen molar-refractivity contribution in [2.45, 2.75) is 25.2 Å². The van der Waals surface area contributed by atoms with Crippen molar-refractivity contribution in [1.82, 2.24) is 0 Å². The lowest BCUT2D eigenvalue weighted by molar-refractivity contribution is 1.09. The summed E-state index contributed by atoms with van der Waals surface area (Å²) in [5.74, 6) is 0. The molecular formula is C9H11ClS. The molecular weight excluding hydrogens is 176 g/mol. The Balaban J connectivity index is 3.02. The van der Waals surface area contributed by atoms with Crippen LogP contribution in [0.2, 0.25) is 0 Å². The van der Waals surface area contributed by atoms with Crippen molar-refractivity contribution in [3.8, 4) is 0 Å². The molecule has 11 heavy (non-hydrogen) atoms. The van der Waals surface area contributed by atoms with Gasteiger partial charge in [-0.1, -0.05) is 13.0 Å². The monoisotopic (exact) mass is 186 g/mol. The highest BCUT2D eigenvalue weighted by molar-refractivity contribution is 8.21.